The molecule has 7 heteroatoms. The molecule has 1 amide bonds. The molecule has 1 saturated heterocycles. The zero-order valence-corrected chi connectivity index (χ0v) is 15.5. The van der Waals surface area contributed by atoms with Gasteiger partial charge in [-0.1, -0.05) is 0 Å². The molecule has 24 heavy (non-hydrogen) atoms. The molecular formula is C17H24N4O2S. The van der Waals surface area contributed by atoms with Crippen molar-refractivity contribution in [1.29, 1.82) is 0 Å². The molecule has 2 aromatic heterocycles. The van der Waals surface area contributed by atoms with Crippen LogP contribution in [0.1, 0.15) is 45.2 Å². The number of fused-ring (bicyclic) bond motifs is 1. The number of nitrogens with zero attached hydrogens (tertiary/aromatic N) is 4. The van der Waals surface area contributed by atoms with Crippen molar-refractivity contribution in [1.82, 2.24) is 19.3 Å². The van der Waals surface area contributed by atoms with Gasteiger partial charge in [0.15, 0.2) is 5.65 Å². The highest BCUT2D eigenvalue weighted by molar-refractivity contribution is 7.98. The maximum Gasteiger partial charge on any atom is 0.410 e. The van der Waals surface area contributed by atoms with Crippen LogP contribution in [0.5, 0.6) is 0 Å². The minimum absolute atomic E-state index is 0.234. The normalized spacial score (nSPS) is 18.8. The van der Waals surface area contributed by atoms with Gasteiger partial charge in [-0.25, -0.2) is 14.8 Å². The van der Waals surface area contributed by atoms with Crippen molar-refractivity contribution in [2.75, 3.05) is 19.3 Å². The maximum absolute atomic E-state index is 12.3. The summed E-state index contributed by atoms with van der Waals surface area (Å²) < 4.78 is 7.52. The van der Waals surface area contributed by atoms with Gasteiger partial charge in [0, 0.05) is 37.6 Å². The lowest BCUT2D eigenvalue weighted by molar-refractivity contribution is 0.0197. The van der Waals surface area contributed by atoms with Gasteiger partial charge in [-0.2, -0.15) is 0 Å². The van der Waals surface area contributed by atoms with E-state index in [9.17, 15) is 4.79 Å². The SMILES string of the molecule is CSc1nccn2cc(C3CCCN(C(=O)OC(C)(C)C)C3)nc12. The third kappa shape index (κ3) is 3.66. The fourth-order valence-corrected chi connectivity index (χ4v) is 3.47. The van der Waals surface area contributed by atoms with Crippen LogP contribution in [0.2, 0.25) is 0 Å². The number of likely N-dealkylation sites (tertiary alicyclic amines) is 1. The number of hydrogen-bond donors (Lipinski definition) is 0. The van der Waals surface area contributed by atoms with Crippen molar-refractivity contribution < 1.29 is 9.53 Å². The van der Waals surface area contributed by atoms with E-state index < -0.39 is 5.60 Å². The molecule has 0 saturated carbocycles. The maximum atomic E-state index is 12.3. The number of thioether (sulfide) groups is 1. The summed E-state index contributed by atoms with van der Waals surface area (Å²) in [4.78, 5) is 23.3. The molecule has 1 unspecified atom stereocenters. The zero-order chi connectivity index (χ0) is 17.3. The number of amides is 1. The van der Waals surface area contributed by atoms with E-state index >= 15 is 0 Å². The molecule has 3 rings (SSSR count). The van der Waals surface area contributed by atoms with Crippen LogP contribution in [-0.4, -0.2) is 50.3 Å². The number of rotatable bonds is 2. The van der Waals surface area contributed by atoms with Crippen LogP contribution in [0.3, 0.4) is 0 Å². The first-order chi connectivity index (χ1) is 11.4. The fourth-order valence-electron chi connectivity index (χ4n) is 2.97. The molecule has 1 aliphatic heterocycles. The van der Waals surface area contributed by atoms with Gasteiger partial charge in [0.1, 0.15) is 10.6 Å². The largest absolute Gasteiger partial charge is 0.444 e. The van der Waals surface area contributed by atoms with E-state index in [0.29, 0.717) is 6.54 Å². The predicted molar refractivity (Wildman–Crippen MR) is 94.6 cm³/mol. The van der Waals surface area contributed by atoms with Gasteiger partial charge in [0.2, 0.25) is 0 Å². The van der Waals surface area contributed by atoms with Crippen LogP contribution in [-0.2, 0) is 4.74 Å². The number of hydrogen-bond acceptors (Lipinski definition) is 5. The minimum Gasteiger partial charge on any atom is -0.444 e. The van der Waals surface area contributed by atoms with Gasteiger partial charge in [-0.05, 0) is 39.9 Å². The van der Waals surface area contributed by atoms with E-state index in [4.69, 9.17) is 9.72 Å². The number of piperidine rings is 1. The van der Waals surface area contributed by atoms with Crippen molar-refractivity contribution in [2.24, 2.45) is 0 Å². The molecular weight excluding hydrogens is 324 g/mol. The first kappa shape index (κ1) is 17.1. The summed E-state index contributed by atoms with van der Waals surface area (Å²) in [7, 11) is 0. The van der Waals surface area contributed by atoms with Crippen molar-refractivity contribution in [3.05, 3.63) is 24.3 Å². The molecule has 0 N–H and O–H groups in total. The second kappa shape index (κ2) is 6.63. The molecule has 6 nitrogen and oxygen atoms in total. The second-order valence-corrected chi connectivity index (χ2v) is 7.89. The standard InChI is InChI=1S/C17H24N4O2S/c1-17(2,3)23-16(22)21-8-5-6-12(10-21)13-11-20-9-7-18-15(24-4)14(20)19-13/h7,9,11-12H,5-6,8,10H2,1-4H3. The Morgan fingerprint density at radius 1 is 1.42 bits per heavy atom. The number of carbonyl (C=O) groups excluding carboxylic acids is 1. The highest BCUT2D eigenvalue weighted by Gasteiger charge is 2.29. The van der Waals surface area contributed by atoms with Crippen LogP contribution in [0.15, 0.2) is 23.6 Å². The summed E-state index contributed by atoms with van der Waals surface area (Å²) >= 11 is 1.59. The van der Waals surface area contributed by atoms with Gasteiger partial charge in [-0.3, -0.25) is 0 Å². The van der Waals surface area contributed by atoms with Crippen molar-refractivity contribution in [3.63, 3.8) is 0 Å². The Morgan fingerprint density at radius 2 is 2.21 bits per heavy atom. The molecule has 0 bridgehead atoms. The number of ether oxygens (including phenoxy) is 1. The molecule has 0 spiro atoms. The highest BCUT2D eigenvalue weighted by Crippen LogP contribution is 2.29. The summed E-state index contributed by atoms with van der Waals surface area (Å²) in [6.45, 7) is 7.08. The van der Waals surface area contributed by atoms with Crippen LogP contribution in [0, 0.1) is 0 Å². The Hall–Kier alpha value is -1.76. The van der Waals surface area contributed by atoms with Crippen LogP contribution < -0.4 is 0 Å². The average Bonchev–Trinajstić information content (AvgIpc) is 2.97. The average molecular weight is 348 g/mol. The summed E-state index contributed by atoms with van der Waals surface area (Å²) in [6.07, 6.45) is 9.53. The van der Waals surface area contributed by atoms with E-state index in [1.165, 1.54) is 0 Å². The molecule has 0 aromatic carbocycles. The first-order valence-electron chi connectivity index (χ1n) is 8.23. The van der Waals surface area contributed by atoms with Gasteiger partial charge < -0.3 is 14.0 Å². The molecule has 0 radical (unpaired) electrons. The minimum atomic E-state index is -0.466. The lowest BCUT2D eigenvalue weighted by Crippen LogP contribution is -2.42. The van der Waals surface area contributed by atoms with Crippen molar-refractivity contribution in [2.45, 2.75) is 50.2 Å². The molecule has 1 aliphatic rings. The molecule has 1 fully saturated rings. The summed E-state index contributed by atoms with van der Waals surface area (Å²) in [6, 6.07) is 0. The van der Waals surface area contributed by atoms with Crippen LogP contribution >= 0.6 is 11.8 Å². The lowest BCUT2D eigenvalue weighted by atomic mass is 9.95. The molecule has 130 valence electrons. The lowest BCUT2D eigenvalue weighted by Gasteiger charge is -2.33. The van der Waals surface area contributed by atoms with Gasteiger partial charge in [0.25, 0.3) is 0 Å². The smallest absolute Gasteiger partial charge is 0.410 e. The third-order valence-electron chi connectivity index (χ3n) is 4.05. The van der Waals surface area contributed by atoms with E-state index in [2.05, 4.69) is 11.2 Å². The quantitative estimate of drug-likeness (QED) is 0.777. The summed E-state index contributed by atoms with van der Waals surface area (Å²) in [5.41, 5.74) is 1.44. The Balaban J connectivity index is 1.79. The van der Waals surface area contributed by atoms with E-state index in [0.717, 1.165) is 35.8 Å². The van der Waals surface area contributed by atoms with Crippen molar-refractivity contribution in [3.8, 4) is 0 Å². The Labute approximate surface area is 146 Å². The van der Waals surface area contributed by atoms with Crippen molar-refractivity contribution >= 4 is 23.5 Å². The Morgan fingerprint density at radius 3 is 2.92 bits per heavy atom. The highest BCUT2D eigenvalue weighted by atomic mass is 32.2. The first-order valence-corrected chi connectivity index (χ1v) is 9.45. The number of carbonyl (C=O) groups is 1. The zero-order valence-electron chi connectivity index (χ0n) is 14.7. The summed E-state index contributed by atoms with van der Waals surface area (Å²) in [5, 5.41) is 0.920. The fraction of sp³-hybridized carbons (Fsp3) is 0.588. The summed E-state index contributed by atoms with van der Waals surface area (Å²) in [5.74, 6) is 0.237. The van der Waals surface area contributed by atoms with Crippen LogP contribution in [0.25, 0.3) is 5.65 Å². The topological polar surface area (TPSA) is 59.7 Å². The van der Waals surface area contributed by atoms with E-state index in [-0.39, 0.29) is 12.0 Å². The Bertz CT molecular complexity index is 738. The van der Waals surface area contributed by atoms with Gasteiger partial charge in [0.05, 0.1) is 5.69 Å². The van der Waals surface area contributed by atoms with Gasteiger partial charge >= 0.3 is 6.09 Å². The van der Waals surface area contributed by atoms with E-state index in [1.807, 2.05) is 37.6 Å². The second-order valence-electron chi connectivity index (χ2n) is 7.10. The van der Waals surface area contributed by atoms with Gasteiger partial charge in [-0.15, -0.1) is 11.8 Å². The molecule has 1 atom stereocenters. The number of imidazole rings is 1. The molecule has 2 aromatic rings. The Kier molecular flexibility index (Phi) is 4.71. The predicted octanol–water partition coefficient (Wildman–Crippen LogP) is 3.57. The molecule has 0 aliphatic carbocycles. The van der Waals surface area contributed by atoms with E-state index in [1.54, 1.807) is 22.9 Å². The monoisotopic (exact) mass is 348 g/mol. The molecule has 3 heterocycles. The van der Waals surface area contributed by atoms with Crippen LogP contribution in [0.4, 0.5) is 4.79 Å². The third-order valence-corrected chi connectivity index (χ3v) is 4.72. The number of aromatic nitrogens is 3.